The SMILES string of the molecule is [B]c1c([B])c([B])c(N2c3ccccc3C3(c4cc(Br)ccc4-c4c3c3ccc(Br)cc3c3ccccc43)c3ccccc32)c([B])c1[B]. The summed E-state index contributed by atoms with van der Waals surface area (Å²) in [6.45, 7) is 0. The third-order valence-corrected chi connectivity index (χ3v) is 11.0. The lowest BCUT2D eigenvalue weighted by Gasteiger charge is -2.46. The maximum atomic E-state index is 6.77. The van der Waals surface area contributed by atoms with Gasteiger partial charge in [0.15, 0.2) is 0 Å². The Morgan fingerprint density at radius 3 is 1.66 bits per heavy atom. The molecule has 47 heavy (non-hydrogen) atoms. The molecule has 1 aliphatic carbocycles. The second kappa shape index (κ2) is 10.3. The van der Waals surface area contributed by atoms with Crippen molar-refractivity contribution in [3.05, 3.63) is 140 Å². The molecular formula is C39H18B5Br2N. The van der Waals surface area contributed by atoms with E-state index in [0.717, 1.165) is 31.4 Å². The molecule has 2 aliphatic rings. The molecule has 1 aliphatic heterocycles. The van der Waals surface area contributed by atoms with Crippen molar-refractivity contribution >= 4 is 137 Å². The zero-order chi connectivity index (χ0) is 32.4. The van der Waals surface area contributed by atoms with Crippen LogP contribution in [-0.4, -0.2) is 39.2 Å². The van der Waals surface area contributed by atoms with E-state index in [1.54, 1.807) is 0 Å². The number of halogens is 2. The van der Waals surface area contributed by atoms with E-state index in [2.05, 4.69) is 134 Å². The Morgan fingerprint density at radius 2 is 1.00 bits per heavy atom. The fourth-order valence-electron chi connectivity index (χ4n) is 8.13. The van der Waals surface area contributed by atoms with Crippen LogP contribution in [-0.2, 0) is 5.41 Å². The van der Waals surface area contributed by atoms with Gasteiger partial charge in [0.05, 0.1) is 16.8 Å². The number of nitrogens with zero attached hydrogens (tertiary/aromatic N) is 1. The maximum Gasteiger partial charge on any atom is 0.115 e. The molecule has 0 atom stereocenters. The molecule has 8 heteroatoms. The van der Waals surface area contributed by atoms with Crippen LogP contribution in [0.4, 0.5) is 17.1 Å². The molecule has 1 heterocycles. The number of hydrogen-bond acceptors (Lipinski definition) is 1. The summed E-state index contributed by atoms with van der Waals surface area (Å²) in [5, 5.41) is 4.79. The minimum atomic E-state index is -0.706. The first-order valence-electron chi connectivity index (χ1n) is 15.2. The Hall–Kier alpha value is -3.86. The topological polar surface area (TPSA) is 3.24 Å². The van der Waals surface area contributed by atoms with E-state index in [1.165, 1.54) is 43.8 Å². The monoisotopic (exact) mass is 713 g/mol. The highest BCUT2D eigenvalue weighted by Crippen LogP contribution is 2.65. The Bertz CT molecular complexity index is 2450. The minimum absolute atomic E-state index is 0.187. The largest absolute Gasteiger partial charge is 0.311 e. The van der Waals surface area contributed by atoms with Gasteiger partial charge in [0.2, 0.25) is 0 Å². The average Bonchev–Trinajstić information content (AvgIpc) is 3.39. The molecule has 10 radical (unpaired) electrons. The lowest BCUT2D eigenvalue weighted by Crippen LogP contribution is -2.56. The smallest absolute Gasteiger partial charge is 0.115 e. The van der Waals surface area contributed by atoms with Crippen LogP contribution < -0.4 is 32.2 Å². The average molecular weight is 714 g/mol. The fraction of sp³-hybridized carbons (Fsp3) is 0.0256. The van der Waals surface area contributed by atoms with Gasteiger partial charge in [-0.15, -0.1) is 16.4 Å². The van der Waals surface area contributed by atoms with E-state index in [9.17, 15) is 0 Å². The molecule has 0 aromatic heterocycles. The highest BCUT2D eigenvalue weighted by molar-refractivity contribution is 9.10. The van der Waals surface area contributed by atoms with Crippen molar-refractivity contribution < 1.29 is 0 Å². The second-order valence-electron chi connectivity index (χ2n) is 12.2. The van der Waals surface area contributed by atoms with E-state index in [0.29, 0.717) is 5.69 Å². The van der Waals surface area contributed by atoms with Crippen LogP contribution in [0, 0.1) is 0 Å². The number of rotatable bonds is 1. The summed E-state index contributed by atoms with van der Waals surface area (Å²) in [5.41, 5.74) is 9.87. The minimum Gasteiger partial charge on any atom is -0.311 e. The number of fused-ring (bicyclic) bond motifs is 14. The van der Waals surface area contributed by atoms with E-state index in [1.807, 2.05) is 12.1 Å². The summed E-state index contributed by atoms with van der Waals surface area (Å²) >= 11 is 7.62. The van der Waals surface area contributed by atoms with E-state index in [-0.39, 0.29) is 27.3 Å². The Kier molecular flexibility index (Phi) is 6.43. The third-order valence-electron chi connectivity index (χ3n) is 10.0. The van der Waals surface area contributed by atoms with E-state index >= 15 is 0 Å². The lowest BCUT2D eigenvalue weighted by atomic mass is 9.60. The summed E-state index contributed by atoms with van der Waals surface area (Å²) in [6, 6.07) is 38.9. The summed E-state index contributed by atoms with van der Waals surface area (Å²) in [4.78, 5) is 2.10. The van der Waals surface area contributed by atoms with Gasteiger partial charge in [-0.3, -0.25) is 0 Å². The van der Waals surface area contributed by atoms with Gasteiger partial charge in [-0.25, -0.2) is 0 Å². The standard InChI is InChI=1S/C39H18B5Br2N/c40-33-34(41)36(43)38(37(44)35(33)42)47-29-11-5-3-9-26(29)39(27-10-4-6-12-30(27)47)28-18-20(46)14-16-24(28)31-22-8-2-1-7-21(22)25-17-19(45)13-15-23(25)32(31)39/h1-18H. The van der Waals surface area contributed by atoms with Crippen LogP contribution >= 0.6 is 31.9 Å². The quantitative estimate of drug-likeness (QED) is 0.158. The Labute approximate surface area is 297 Å². The maximum absolute atomic E-state index is 6.77. The number of para-hydroxylation sites is 2. The van der Waals surface area contributed by atoms with Gasteiger partial charge in [-0.05, 0) is 91.3 Å². The summed E-state index contributed by atoms with van der Waals surface area (Å²) in [5.74, 6) is 0. The van der Waals surface area contributed by atoms with Crippen LogP contribution in [0.25, 0.3) is 32.7 Å². The van der Waals surface area contributed by atoms with Crippen LogP contribution in [0.2, 0.25) is 0 Å². The predicted octanol–water partition coefficient (Wildman–Crippen LogP) is 5.63. The Balaban J connectivity index is 1.53. The molecule has 0 saturated heterocycles. The molecule has 7 aromatic carbocycles. The molecule has 0 bridgehead atoms. The molecule has 0 unspecified atom stereocenters. The fourth-order valence-corrected chi connectivity index (χ4v) is 8.86. The van der Waals surface area contributed by atoms with Crippen LogP contribution in [0.3, 0.4) is 0 Å². The lowest BCUT2D eigenvalue weighted by molar-refractivity contribution is 0.759. The molecule has 7 aromatic rings. The zero-order valence-electron chi connectivity index (χ0n) is 25.0. The Morgan fingerprint density at radius 1 is 0.468 bits per heavy atom. The van der Waals surface area contributed by atoms with Gasteiger partial charge >= 0.3 is 0 Å². The van der Waals surface area contributed by atoms with Gasteiger partial charge in [0.25, 0.3) is 0 Å². The van der Waals surface area contributed by atoms with Crippen molar-refractivity contribution in [3.8, 4) is 11.1 Å². The number of anilines is 3. The first-order valence-corrected chi connectivity index (χ1v) is 16.8. The van der Waals surface area contributed by atoms with Crippen LogP contribution in [0.1, 0.15) is 22.3 Å². The molecule has 0 fully saturated rings. The molecule has 0 amide bonds. The van der Waals surface area contributed by atoms with Gasteiger partial charge in [-0.1, -0.05) is 116 Å². The van der Waals surface area contributed by atoms with Crippen molar-refractivity contribution in [2.24, 2.45) is 0 Å². The van der Waals surface area contributed by atoms with E-state index < -0.39 is 5.41 Å². The summed E-state index contributed by atoms with van der Waals surface area (Å²) < 4.78 is 2.03. The van der Waals surface area contributed by atoms with Gasteiger partial charge in [0.1, 0.15) is 39.2 Å². The van der Waals surface area contributed by atoms with E-state index in [4.69, 9.17) is 39.2 Å². The molecule has 0 saturated carbocycles. The van der Waals surface area contributed by atoms with Crippen molar-refractivity contribution in [2.75, 3.05) is 4.90 Å². The van der Waals surface area contributed by atoms with Crippen LogP contribution in [0.15, 0.2) is 118 Å². The first kappa shape index (κ1) is 29.3. The van der Waals surface area contributed by atoms with Crippen molar-refractivity contribution in [2.45, 2.75) is 5.41 Å². The molecular weight excluding hydrogens is 696 g/mol. The van der Waals surface area contributed by atoms with Crippen molar-refractivity contribution in [1.29, 1.82) is 0 Å². The first-order chi connectivity index (χ1) is 22.7. The summed E-state index contributed by atoms with van der Waals surface area (Å²) in [7, 11) is 32.7. The molecule has 1 spiro atoms. The third kappa shape index (κ3) is 3.72. The highest BCUT2D eigenvalue weighted by atomic mass is 79.9. The highest BCUT2D eigenvalue weighted by Gasteiger charge is 2.53. The zero-order valence-corrected chi connectivity index (χ0v) is 28.2. The van der Waals surface area contributed by atoms with Crippen molar-refractivity contribution in [1.82, 2.24) is 0 Å². The number of benzene rings is 7. The summed E-state index contributed by atoms with van der Waals surface area (Å²) in [6.07, 6.45) is 0. The van der Waals surface area contributed by atoms with Crippen molar-refractivity contribution in [3.63, 3.8) is 0 Å². The predicted molar refractivity (Wildman–Crippen MR) is 209 cm³/mol. The van der Waals surface area contributed by atoms with Gasteiger partial charge in [0, 0.05) is 14.6 Å². The number of hydrogen-bond donors (Lipinski definition) is 0. The van der Waals surface area contributed by atoms with Gasteiger partial charge < -0.3 is 4.90 Å². The second-order valence-corrected chi connectivity index (χ2v) is 14.0. The molecule has 9 rings (SSSR count). The normalized spacial score (nSPS) is 13.9. The molecule has 0 N–H and O–H groups in total. The van der Waals surface area contributed by atoms with Crippen LogP contribution in [0.5, 0.6) is 0 Å². The molecule has 208 valence electrons. The van der Waals surface area contributed by atoms with Gasteiger partial charge in [-0.2, -0.15) is 0 Å². The molecule has 1 nitrogen and oxygen atoms in total.